The fourth-order valence-corrected chi connectivity index (χ4v) is 4.78. The van der Waals surface area contributed by atoms with E-state index in [4.69, 9.17) is 28.8 Å². The molecular formula is C24H26ClN5S. The minimum absolute atomic E-state index is 0.0556. The van der Waals surface area contributed by atoms with Crippen molar-refractivity contribution in [1.82, 2.24) is 9.80 Å². The summed E-state index contributed by atoms with van der Waals surface area (Å²) < 4.78 is 0. The lowest BCUT2D eigenvalue weighted by Gasteiger charge is -2.40. The molecule has 0 unspecified atom stereocenters. The van der Waals surface area contributed by atoms with E-state index in [0.29, 0.717) is 10.6 Å². The Hall–Kier alpha value is -2.30. The van der Waals surface area contributed by atoms with Crippen LogP contribution in [-0.2, 0) is 0 Å². The Labute approximate surface area is 194 Å². The fraction of sp³-hybridized carbons (Fsp3) is 0.375. The molecule has 0 amide bonds. The lowest BCUT2D eigenvalue weighted by atomic mass is 9.85. The SMILES string of the molecule is CN1CCN([C@@H]2C(=Nc3ccc(Cl)cc3)N(c3ccc(C#N)cc3)C(=S)C2(C)C)CC1. The Morgan fingerprint density at radius 2 is 1.65 bits per heavy atom. The zero-order valence-corrected chi connectivity index (χ0v) is 19.6. The molecule has 0 aliphatic carbocycles. The van der Waals surface area contributed by atoms with Gasteiger partial charge in [0.1, 0.15) is 5.84 Å². The standard InChI is InChI=1S/C24H26ClN5S/c1-24(2)21(29-14-12-28(3)13-15-29)22(27-19-8-6-18(25)7-9-19)30(23(24)31)20-10-4-17(16-26)5-11-20/h4-11,21H,12-15H2,1-3H3/t21-/m1/s1. The van der Waals surface area contributed by atoms with E-state index in [2.05, 4.69) is 41.7 Å². The zero-order valence-electron chi connectivity index (χ0n) is 18.0. The van der Waals surface area contributed by atoms with E-state index in [1.807, 2.05) is 48.5 Å². The van der Waals surface area contributed by atoms with Gasteiger partial charge in [0.05, 0.1) is 28.4 Å². The van der Waals surface area contributed by atoms with Gasteiger partial charge < -0.3 is 4.90 Å². The molecule has 7 heteroatoms. The molecule has 2 heterocycles. The van der Waals surface area contributed by atoms with Crippen LogP contribution >= 0.6 is 23.8 Å². The molecule has 5 nitrogen and oxygen atoms in total. The molecule has 0 spiro atoms. The first-order chi connectivity index (χ1) is 14.8. The average molecular weight is 452 g/mol. The molecule has 2 saturated heterocycles. The summed E-state index contributed by atoms with van der Waals surface area (Å²) in [5.41, 5.74) is 2.13. The van der Waals surface area contributed by atoms with Crippen molar-refractivity contribution in [2.45, 2.75) is 19.9 Å². The predicted octanol–water partition coefficient (Wildman–Crippen LogP) is 4.73. The molecule has 2 aromatic rings. The van der Waals surface area contributed by atoms with Crippen molar-refractivity contribution < 1.29 is 0 Å². The number of nitriles is 1. The predicted molar refractivity (Wildman–Crippen MR) is 131 cm³/mol. The summed E-state index contributed by atoms with van der Waals surface area (Å²) in [6.07, 6.45) is 0. The Morgan fingerprint density at radius 1 is 1.03 bits per heavy atom. The second-order valence-electron chi connectivity index (χ2n) is 8.71. The van der Waals surface area contributed by atoms with Crippen LogP contribution in [0.2, 0.25) is 5.02 Å². The highest BCUT2D eigenvalue weighted by Gasteiger charge is 2.52. The van der Waals surface area contributed by atoms with Crippen LogP contribution < -0.4 is 4.90 Å². The summed E-state index contributed by atoms with van der Waals surface area (Å²) in [6.45, 7) is 8.38. The number of hydrogen-bond acceptors (Lipinski definition) is 5. The molecule has 2 aliphatic rings. The number of piperazine rings is 1. The van der Waals surface area contributed by atoms with Crippen molar-refractivity contribution in [1.29, 1.82) is 5.26 Å². The van der Waals surface area contributed by atoms with E-state index in [0.717, 1.165) is 48.4 Å². The fourth-order valence-electron chi connectivity index (χ4n) is 4.35. The van der Waals surface area contributed by atoms with Crippen LogP contribution in [0.15, 0.2) is 53.5 Å². The van der Waals surface area contributed by atoms with Crippen LogP contribution in [0, 0.1) is 16.7 Å². The summed E-state index contributed by atoms with van der Waals surface area (Å²) in [6, 6.07) is 17.4. The molecule has 160 valence electrons. The first-order valence-electron chi connectivity index (χ1n) is 10.4. The first-order valence-corrected chi connectivity index (χ1v) is 11.2. The number of likely N-dealkylation sites (N-methyl/N-ethyl adjacent to an activating group) is 1. The highest BCUT2D eigenvalue weighted by Crippen LogP contribution is 2.41. The third-order valence-corrected chi connectivity index (χ3v) is 7.10. The maximum atomic E-state index is 9.20. The smallest absolute Gasteiger partial charge is 0.133 e. The van der Waals surface area contributed by atoms with E-state index in [-0.39, 0.29) is 11.5 Å². The van der Waals surface area contributed by atoms with Crippen molar-refractivity contribution in [3.8, 4) is 6.07 Å². The highest BCUT2D eigenvalue weighted by molar-refractivity contribution is 7.80. The Kier molecular flexibility index (Phi) is 6.14. The third-order valence-electron chi connectivity index (χ3n) is 6.14. The molecular weight excluding hydrogens is 426 g/mol. The Morgan fingerprint density at radius 3 is 2.23 bits per heavy atom. The Balaban J connectivity index is 1.82. The molecule has 0 saturated carbocycles. The molecule has 0 aromatic heterocycles. The van der Waals surface area contributed by atoms with E-state index >= 15 is 0 Å². The first kappa shape index (κ1) is 21.9. The van der Waals surface area contributed by atoms with Gasteiger partial charge in [-0.2, -0.15) is 5.26 Å². The van der Waals surface area contributed by atoms with Crippen molar-refractivity contribution in [2.24, 2.45) is 10.4 Å². The molecule has 2 fully saturated rings. The van der Waals surface area contributed by atoms with Gasteiger partial charge in [-0.05, 0) is 55.6 Å². The number of benzene rings is 2. The topological polar surface area (TPSA) is 45.9 Å². The van der Waals surface area contributed by atoms with Gasteiger partial charge in [-0.15, -0.1) is 0 Å². The van der Waals surface area contributed by atoms with E-state index in [1.165, 1.54) is 0 Å². The molecule has 2 aliphatic heterocycles. The van der Waals surface area contributed by atoms with Crippen LogP contribution in [0.25, 0.3) is 0 Å². The maximum Gasteiger partial charge on any atom is 0.133 e. The normalized spacial score (nSPS) is 23.3. The number of thiocarbonyl (C=S) groups is 1. The largest absolute Gasteiger partial charge is 0.304 e. The van der Waals surface area contributed by atoms with Gasteiger partial charge in [-0.25, -0.2) is 4.99 Å². The molecule has 2 aromatic carbocycles. The van der Waals surface area contributed by atoms with E-state index in [9.17, 15) is 5.26 Å². The molecule has 0 N–H and O–H groups in total. The lowest BCUT2D eigenvalue weighted by Crippen LogP contribution is -2.55. The molecule has 4 rings (SSSR count). The van der Waals surface area contributed by atoms with Crippen molar-refractivity contribution in [3.63, 3.8) is 0 Å². The number of hydrogen-bond donors (Lipinski definition) is 0. The van der Waals surface area contributed by atoms with Gasteiger partial charge >= 0.3 is 0 Å². The van der Waals surface area contributed by atoms with Crippen molar-refractivity contribution in [3.05, 3.63) is 59.1 Å². The minimum Gasteiger partial charge on any atom is -0.304 e. The number of rotatable bonds is 3. The minimum atomic E-state index is -0.273. The maximum absolute atomic E-state index is 9.20. The summed E-state index contributed by atoms with van der Waals surface area (Å²) in [4.78, 5) is 12.9. The Bertz CT molecular complexity index is 1030. The third kappa shape index (κ3) is 4.24. The highest BCUT2D eigenvalue weighted by atomic mass is 35.5. The number of halogens is 1. The monoisotopic (exact) mass is 451 g/mol. The van der Waals surface area contributed by atoms with Gasteiger partial charge in [0, 0.05) is 42.3 Å². The number of nitrogens with zero attached hydrogens (tertiary/aromatic N) is 5. The van der Waals surface area contributed by atoms with Gasteiger partial charge in [-0.1, -0.05) is 37.7 Å². The molecule has 1 atom stereocenters. The van der Waals surface area contributed by atoms with Crippen molar-refractivity contribution in [2.75, 3.05) is 38.1 Å². The molecule has 0 bridgehead atoms. The van der Waals surface area contributed by atoms with Gasteiger partial charge in [0.25, 0.3) is 0 Å². The number of anilines is 1. The average Bonchev–Trinajstić information content (AvgIpc) is 2.96. The number of aliphatic imine (C=N–C) groups is 1. The summed E-state index contributed by atoms with van der Waals surface area (Å²) in [5.74, 6) is 0.923. The van der Waals surface area contributed by atoms with Gasteiger partial charge in [-0.3, -0.25) is 9.80 Å². The van der Waals surface area contributed by atoms with Crippen LogP contribution in [0.4, 0.5) is 11.4 Å². The van der Waals surface area contributed by atoms with E-state index < -0.39 is 0 Å². The number of amidine groups is 1. The van der Waals surface area contributed by atoms with Gasteiger partial charge in [0.15, 0.2) is 0 Å². The van der Waals surface area contributed by atoms with E-state index in [1.54, 1.807) is 0 Å². The summed E-state index contributed by atoms with van der Waals surface area (Å²) in [7, 11) is 2.16. The molecule has 31 heavy (non-hydrogen) atoms. The van der Waals surface area contributed by atoms with Crippen LogP contribution in [0.1, 0.15) is 19.4 Å². The lowest BCUT2D eigenvalue weighted by molar-refractivity contribution is 0.109. The van der Waals surface area contributed by atoms with Crippen molar-refractivity contribution >= 4 is 46.0 Å². The molecule has 0 radical (unpaired) electrons. The summed E-state index contributed by atoms with van der Waals surface area (Å²) in [5, 5.41) is 9.88. The summed E-state index contributed by atoms with van der Waals surface area (Å²) >= 11 is 12.1. The quantitative estimate of drug-likeness (QED) is 0.631. The van der Waals surface area contributed by atoms with Crippen LogP contribution in [0.3, 0.4) is 0 Å². The second kappa shape index (κ2) is 8.68. The van der Waals surface area contributed by atoms with Crippen LogP contribution in [-0.4, -0.2) is 59.9 Å². The second-order valence-corrected chi connectivity index (χ2v) is 9.53. The van der Waals surface area contributed by atoms with Crippen LogP contribution in [0.5, 0.6) is 0 Å². The zero-order chi connectivity index (χ0) is 22.2. The van der Waals surface area contributed by atoms with Gasteiger partial charge in [0.2, 0.25) is 0 Å².